The Balaban J connectivity index is 2.06. The number of carbonyl (C=O) groups excluding carboxylic acids is 2. The molecule has 25 heavy (non-hydrogen) atoms. The lowest BCUT2D eigenvalue weighted by atomic mass is 9.85. The van der Waals surface area contributed by atoms with Gasteiger partial charge in [0.1, 0.15) is 0 Å². The molecule has 1 aromatic rings. The molecule has 0 bridgehead atoms. The van der Waals surface area contributed by atoms with Gasteiger partial charge < -0.3 is 14.6 Å². The van der Waals surface area contributed by atoms with Gasteiger partial charge in [-0.15, -0.1) is 0 Å². The van der Waals surface area contributed by atoms with E-state index < -0.39 is 23.5 Å². The SMILES string of the molecule is C=C1CC(C(=O)OC)(C(=O)OC)CC1/C=C/CC(O)c1ccccc1. The first-order valence-electron chi connectivity index (χ1n) is 8.18. The van der Waals surface area contributed by atoms with Crippen molar-refractivity contribution >= 4 is 11.9 Å². The standard InChI is InChI=1S/C20H24O5/c1-14-12-20(18(22)24-2,19(23)25-3)13-16(14)10-7-11-17(21)15-8-5-4-6-9-15/h4-10,16-17,21H,1,11-13H2,2-3H3/b10-7+. The number of carbonyl (C=O) groups is 2. The average Bonchev–Trinajstić information content (AvgIpc) is 2.98. The van der Waals surface area contributed by atoms with Crippen LogP contribution in [0.5, 0.6) is 0 Å². The summed E-state index contributed by atoms with van der Waals surface area (Å²) in [6, 6.07) is 9.39. The Hall–Kier alpha value is -2.40. The number of allylic oxidation sites excluding steroid dienone is 2. The molecule has 0 aromatic heterocycles. The van der Waals surface area contributed by atoms with Crippen molar-refractivity contribution in [3.63, 3.8) is 0 Å². The third-order valence-electron chi connectivity index (χ3n) is 4.69. The smallest absolute Gasteiger partial charge is 0.323 e. The van der Waals surface area contributed by atoms with Crippen LogP contribution in [-0.4, -0.2) is 31.3 Å². The normalized spacial score (nSPS) is 20.4. The summed E-state index contributed by atoms with van der Waals surface area (Å²) in [5.41, 5.74) is 0.297. The number of methoxy groups -OCH3 is 2. The second kappa shape index (κ2) is 8.12. The molecule has 1 N–H and O–H groups in total. The third-order valence-corrected chi connectivity index (χ3v) is 4.69. The van der Waals surface area contributed by atoms with Gasteiger partial charge in [0, 0.05) is 0 Å². The van der Waals surface area contributed by atoms with Crippen LogP contribution >= 0.6 is 0 Å². The van der Waals surface area contributed by atoms with E-state index in [0.29, 0.717) is 6.42 Å². The molecule has 0 aliphatic heterocycles. The molecule has 0 saturated heterocycles. The Morgan fingerprint density at radius 2 is 1.88 bits per heavy atom. The van der Waals surface area contributed by atoms with Crippen LogP contribution in [0.3, 0.4) is 0 Å². The highest BCUT2D eigenvalue weighted by atomic mass is 16.5. The van der Waals surface area contributed by atoms with Gasteiger partial charge in [-0.05, 0) is 30.7 Å². The van der Waals surface area contributed by atoms with E-state index in [1.807, 2.05) is 42.5 Å². The molecule has 1 aliphatic rings. The summed E-state index contributed by atoms with van der Waals surface area (Å²) in [5, 5.41) is 10.2. The molecule has 1 fully saturated rings. The maximum Gasteiger partial charge on any atom is 0.323 e. The lowest BCUT2D eigenvalue weighted by Crippen LogP contribution is -2.39. The van der Waals surface area contributed by atoms with Crippen molar-refractivity contribution in [2.75, 3.05) is 14.2 Å². The molecule has 2 unspecified atom stereocenters. The maximum atomic E-state index is 12.2. The maximum absolute atomic E-state index is 12.2. The monoisotopic (exact) mass is 344 g/mol. The zero-order valence-corrected chi connectivity index (χ0v) is 14.6. The molecule has 0 heterocycles. The second-order valence-corrected chi connectivity index (χ2v) is 6.30. The van der Waals surface area contributed by atoms with Gasteiger partial charge in [0.25, 0.3) is 0 Å². The van der Waals surface area contributed by atoms with Crippen molar-refractivity contribution < 1.29 is 24.2 Å². The van der Waals surface area contributed by atoms with Crippen LogP contribution in [0.2, 0.25) is 0 Å². The number of aliphatic hydroxyl groups is 1. The molecule has 2 atom stereocenters. The number of aliphatic hydroxyl groups excluding tert-OH is 1. The van der Waals surface area contributed by atoms with Crippen molar-refractivity contribution in [3.8, 4) is 0 Å². The summed E-state index contributed by atoms with van der Waals surface area (Å²) < 4.78 is 9.63. The number of benzene rings is 1. The highest BCUT2D eigenvalue weighted by molar-refractivity contribution is 6.01. The molecular formula is C20H24O5. The number of hydrogen-bond acceptors (Lipinski definition) is 5. The number of rotatable bonds is 6. The highest BCUT2D eigenvalue weighted by Gasteiger charge is 2.54. The minimum absolute atomic E-state index is 0.138. The van der Waals surface area contributed by atoms with E-state index in [1.54, 1.807) is 0 Å². The molecule has 1 aliphatic carbocycles. The minimum Gasteiger partial charge on any atom is -0.468 e. The molecular weight excluding hydrogens is 320 g/mol. The Kier molecular flexibility index (Phi) is 6.15. The van der Waals surface area contributed by atoms with Crippen molar-refractivity contribution in [2.24, 2.45) is 11.3 Å². The van der Waals surface area contributed by atoms with E-state index in [0.717, 1.165) is 11.1 Å². The van der Waals surface area contributed by atoms with Crippen LogP contribution in [-0.2, 0) is 19.1 Å². The summed E-state index contributed by atoms with van der Waals surface area (Å²) in [7, 11) is 2.52. The van der Waals surface area contributed by atoms with Crippen LogP contribution < -0.4 is 0 Å². The van der Waals surface area contributed by atoms with E-state index in [4.69, 9.17) is 9.47 Å². The molecule has 5 nitrogen and oxygen atoms in total. The third kappa shape index (κ3) is 3.99. The average molecular weight is 344 g/mol. The molecule has 134 valence electrons. The summed E-state index contributed by atoms with van der Waals surface area (Å²) in [4.78, 5) is 24.3. The van der Waals surface area contributed by atoms with Gasteiger partial charge in [-0.2, -0.15) is 0 Å². The van der Waals surface area contributed by atoms with Crippen molar-refractivity contribution in [2.45, 2.75) is 25.4 Å². The van der Waals surface area contributed by atoms with E-state index in [9.17, 15) is 14.7 Å². The fourth-order valence-electron chi connectivity index (χ4n) is 3.28. The predicted octanol–water partition coefficient (Wildman–Crippen LogP) is 2.96. The first-order chi connectivity index (χ1) is 11.9. The zero-order chi connectivity index (χ0) is 18.4. The van der Waals surface area contributed by atoms with Crippen molar-refractivity contribution in [1.82, 2.24) is 0 Å². The zero-order valence-electron chi connectivity index (χ0n) is 14.6. The molecule has 2 rings (SSSR count). The fourth-order valence-corrected chi connectivity index (χ4v) is 3.28. The molecule has 1 saturated carbocycles. The Bertz CT molecular complexity index is 646. The van der Waals surface area contributed by atoms with Gasteiger partial charge in [-0.3, -0.25) is 9.59 Å². The molecule has 0 spiro atoms. The Morgan fingerprint density at radius 3 is 2.44 bits per heavy atom. The lowest BCUT2D eigenvalue weighted by molar-refractivity contribution is -0.168. The van der Waals surface area contributed by atoms with Gasteiger partial charge in [-0.25, -0.2) is 0 Å². The number of ether oxygens (including phenoxy) is 2. The number of hydrogen-bond donors (Lipinski definition) is 1. The van der Waals surface area contributed by atoms with Crippen LogP contribution in [0.1, 0.15) is 30.9 Å². The van der Waals surface area contributed by atoms with E-state index in [2.05, 4.69) is 6.58 Å². The molecule has 1 aromatic carbocycles. The summed E-state index contributed by atoms with van der Waals surface area (Å²) in [6.45, 7) is 3.99. The highest BCUT2D eigenvalue weighted by Crippen LogP contribution is 2.47. The topological polar surface area (TPSA) is 72.8 Å². The first kappa shape index (κ1) is 18.9. The van der Waals surface area contributed by atoms with Gasteiger partial charge >= 0.3 is 11.9 Å². The summed E-state index contributed by atoms with van der Waals surface area (Å²) in [5.74, 6) is -1.33. The minimum atomic E-state index is -1.33. The second-order valence-electron chi connectivity index (χ2n) is 6.30. The van der Waals surface area contributed by atoms with Gasteiger partial charge in [0.2, 0.25) is 0 Å². The largest absolute Gasteiger partial charge is 0.468 e. The van der Waals surface area contributed by atoms with Crippen LogP contribution in [0, 0.1) is 11.3 Å². The van der Waals surface area contributed by atoms with Crippen molar-refractivity contribution in [1.29, 1.82) is 0 Å². The summed E-state index contributed by atoms with van der Waals surface area (Å²) in [6.07, 6.45) is 4.07. The lowest BCUT2D eigenvalue weighted by Gasteiger charge is -2.22. The van der Waals surface area contributed by atoms with E-state index >= 15 is 0 Å². The van der Waals surface area contributed by atoms with Gasteiger partial charge in [0.05, 0.1) is 20.3 Å². The first-order valence-corrected chi connectivity index (χ1v) is 8.18. The van der Waals surface area contributed by atoms with E-state index in [-0.39, 0.29) is 18.8 Å². The molecule has 0 amide bonds. The summed E-state index contributed by atoms with van der Waals surface area (Å²) >= 11 is 0. The Morgan fingerprint density at radius 1 is 1.28 bits per heavy atom. The fraction of sp³-hybridized carbons (Fsp3) is 0.400. The van der Waals surface area contributed by atoms with Crippen LogP contribution in [0.25, 0.3) is 0 Å². The molecule has 5 heteroatoms. The van der Waals surface area contributed by atoms with Crippen LogP contribution in [0.4, 0.5) is 0 Å². The van der Waals surface area contributed by atoms with Gasteiger partial charge in [-0.1, -0.05) is 54.6 Å². The molecule has 0 radical (unpaired) electrons. The number of esters is 2. The van der Waals surface area contributed by atoms with Gasteiger partial charge in [0.15, 0.2) is 5.41 Å². The predicted molar refractivity (Wildman–Crippen MR) is 93.5 cm³/mol. The van der Waals surface area contributed by atoms with Crippen molar-refractivity contribution in [3.05, 3.63) is 60.2 Å². The van der Waals surface area contributed by atoms with Crippen LogP contribution in [0.15, 0.2) is 54.6 Å². The quantitative estimate of drug-likeness (QED) is 0.488. The Labute approximate surface area is 147 Å². The van der Waals surface area contributed by atoms with E-state index in [1.165, 1.54) is 14.2 Å².